The summed E-state index contributed by atoms with van der Waals surface area (Å²) in [6.45, 7) is 3.56. The molecule has 0 atom stereocenters. The van der Waals surface area contributed by atoms with Gasteiger partial charge in [0.05, 0.1) is 13.1 Å². The second-order valence-electron chi connectivity index (χ2n) is 6.65. The van der Waals surface area contributed by atoms with E-state index in [0.717, 1.165) is 34.3 Å². The minimum atomic E-state index is 0.749. The molecule has 134 valence electrons. The number of pyridine rings is 2. The Morgan fingerprint density at radius 2 is 1.44 bits per heavy atom. The van der Waals surface area contributed by atoms with E-state index in [9.17, 15) is 0 Å². The van der Waals surface area contributed by atoms with Crippen LogP contribution in [0.15, 0.2) is 85.1 Å². The first-order chi connectivity index (χ1) is 13.2. The molecular weight excluding hydrogens is 350 g/mol. The fraction of sp³-hybridized carbons (Fsp3) is 0.130. The first-order valence-corrected chi connectivity index (χ1v) is 9.44. The molecule has 0 radical (unpaired) electrons. The molecule has 4 aromatic rings. The number of aromatic nitrogens is 2. The Morgan fingerprint density at radius 1 is 0.852 bits per heavy atom. The molecule has 0 spiro atoms. The number of aryl methyl sites for hydroxylation is 1. The average Bonchev–Trinajstić information content (AvgIpc) is 2.70. The van der Waals surface area contributed by atoms with E-state index in [2.05, 4.69) is 82.3 Å². The van der Waals surface area contributed by atoms with Crippen molar-refractivity contribution in [2.45, 2.75) is 20.0 Å². The van der Waals surface area contributed by atoms with Gasteiger partial charge in [-0.05, 0) is 41.8 Å². The van der Waals surface area contributed by atoms with Crippen LogP contribution in [0.25, 0.3) is 11.0 Å². The van der Waals surface area contributed by atoms with Gasteiger partial charge in [-0.25, -0.2) is 9.66 Å². The summed E-state index contributed by atoms with van der Waals surface area (Å²) in [5.41, 5.74) is 4.44. The molecule has 2 heterocycles. The topological polar surface area (TPSA) is 21.1 Å². The summed E-state index contributed by atoms with van der Waals surface area (Å²) in [6, 6.07) is 27.1. The van der Waals surface area contributed by atoms with E-state index >= 15 is 0 Å². The van der Waals surface area contributed by atoms with Gasteiger partial charge in [0.15, 0.2) is 5.65 Å². The molecule has 0 N–H and O–H groups in total. The Balaban J connectivity index is 1.86. The Labute approximate surface area is 164 Å². The van der Waals surface area contributed by atoms with E-state index in [4.69, 9.17) is 12.2 Å². The highest BCUT2D eigenvalue weighted by Gasteiger charge is 2.14. The predicted molar refractivity (Wildman–Crippen MR) is 114 cm³/mol. The maximum atomic E-state index is 5.81. The van der Waals surface area contributed by atoms with Crippen molar-refractivity contribution >= 4 is 23.3 Å². The van der Waals surface area contributed by atoms with Crippen molar-refractivity contribution in [2.24, 2.45) is 0 Å². The van der Waals surface area contributed by atoms with Gasteiger partial charge in [0.25, 0.3) is 0 Å². The molecule has 27 heavy (non-hydrogen) atoms. The Kier molecular flexibility index (Phi) is 4.99. The Morgan fingerprint density at radius 3 is 2.04 bits per heavy atom. The molecule has 0 fully saturated rings. The molecule has 0 bridgehead atoms. The highest BCUT2D eigenvalue weighted by Crippen LogP contribution is 2.19. The van der Waals surface area contributed by atoms with Gasteiger partial charge >= 0.3 is 0 Å². The van der Waals surface area contributed by atoms with Crippen molar-refractivity contribution < 1.29 is 0 Å². The van der Waals surface area contributed by atoms with E-state index in [-0.39, 0.29) is 0 Å². The van der Waals surface area contributed by atoms with E-state index in [1.165, 1.54) is 11.1 Å². The van der Waals surface area contributed by atoms with Crippen molar-refractivity contribution in [3.63, 3.8) is 0 Å². The second-order valence-corrected chi connectivity index (χ2v) is 7.04. The zero-order valence-electron chi connectivity index (χ0n) is 15.2. The Hall–Kier alpha value is -2.98. The van der Waals surface area contributed by atoms with E-state index in [0.29, 0.717) is 0 Å². The third-order valence-corrected chi connectivity index (χ3v) is 5.11. The maximum Gasteiger partial charge on any atom is 0.159 e. The van der Waals surface area contributed by atoms with Crippen LogP contribution in [0.5, 0.6) is 0 Å². The molecule has 0 aliphatic carbocycles. The summed E-state index contributed by atoms with van der Waals surface area (Å²) >= 11 is 5.81. The van der Waals surface area contributed by atoms with Crippen molar-refractivity contribution in [3.8, 4) is 0 Å². The maximum absolute atomic E-state index is 5.81. The van der Waals surface area contributed by atoms with Gasteiger partial charge in [-0.1, -0.05) is 72.9 Å². The van der Waals surface area contributed by atoms with Crippen LogP contribution in [0.4, 0.5) is 0 Å². The molecule has 0 aliphatic heterocycles. The van der Waals surface area contributed by atoms with Crippen molar-refractivity contribution in [1.82, 2.24) is 9.66 Å². The first kappa shape index (κ1) is 17.4. The fourth-order valence-corrected chi connectivity index (χ4v) is 3.57. The first-order valence-electron chi connectivity index (χ1n) is 9.03. The summed E-state index contributed by atoms with van der Waals surface area (Å²) in [6.07, 6.45) is 1.83. The minimum Gasteiger partial charge on any atom is -0.301 e. The molecule has 0 saturated carbocycles. The van der Waals surface area contributed by atoms with Gasteiger partial charge in [-0.2, -0.15) is 0 Å². The second kappa shape index (κ2) is 7.72. The molecular formula is C23H21N3S. The molecule has 0 unspecified atom stereocenters. The van der Waals surface area contributed by atoms with Crippen LogP contribution in [0, 0.1) is 11.6 Å². The molecule has 4 heteroatoms. The monoisotopic (exact) mass is 371 g/mol. The van der Waals surface area contributed by atoms with E-state index in [1.54, 1.807) is 0 Å². The smallest absolute Gasteiger partial charge is 0.159 e. The van der Waals surface area contributed by atoms with E-state index in [1.807, 2.05) is 24.4 Å². The lowest BCUT2D eigenvalue weighted by atomic mass is 10.2. The third-order valence-electron chi connectivity index (χ3n) is 4.62. The van der Waals surface area contributed by atoms with Crippen molar-refractivity contribution in [1.29, 1.82) is 0 Å². The van der Waals surface area contributed by atoms with Crippen LogP contribution in [-0.2, 0) is 13.1 Å². The van der Waals surface area contributed by atoms with Crippen LogP contribution in [0.2, 0.25) is 0 Å². The lowest BCUT2D eigenvalue weighted by Crippen LogP contribution is -2.35. The van der Waals surface area contributed by atoms with Gasteiger partial charge in [0.2, 0.25) is 0 Å². The molecule has 2 aromatic heterocycles. The molecule has 3 nitrogen and oxygen atoms in total. The van der Waals surface area contributed by atoms with Gasteiger partial charge < -0.3 is 5.01 Å². The molecule has 0 amide bonds. The minimum absolute atomic E-state index is 0.749. The summed E-state index contributed by atoms with van der Waals surface area (Å²) in [5.74, 6) is 0. The highest BCUT2D eigenvalue weighted by molar-refractivity contribution is 7.71. The normalized spacial score (nSPS) is 10.9. The lowest BCUT2D eigenvalue weighted by Gasteiger charge is -2.29. The lowest BCUT2D eigenvalue weighted by molar-refractivity contribution is 0.579. The summed E-state index contributed by atoms with van der Waals surface area (Å²) in [4.78, 5) is 4.64. The summed E-state index contributed by atoms with van der Waals surface area (Å²) < 4.78 is 2.90. The standard InChI is InChI=1S/C23H21N3S/c1-18-15-21-13-8-14-24-22(21)26(23(18)27)25(16-19-9-4-2-5-10-19)17-20-11-6-3-7-12-20/h2-15H,16-17H2,1H3. The third kappa shape index (κ3) is 3.76. The number of benzene rings is 2. The van der Waals surface area contributed by atoms with Crippen LogP contribution >= 0.6 is 12.2 Å². The number of hydrogen-bond donors (Lipinski definition) is 0. The fourth-order valence-electron chi connectivity index (χ4n) is 3.31. The largest absolute Gasteiger partial charge is 0.301 e. The SMILES string of the molecule is Cc1cc2cccnc2n(N(Cc2ccccc2)Cc2ccccc2)c1=S. The highest BCUT2D eigenvalue weighted by atomic mass is 32.1. The number of nitrogens with zero attached hydrogens (tertiary/aromatic N) is 3. The van der Waals surface area contributed by atoms with E-state index < -0.39 is 0 Å². The average molecular weight is 372 g/mol. The Bertz CT molecular complexity index is 1060. The van der Waals surface area contributed by atoms with Crippen LogP contribution in [0.1, 0.15) is 16.7 Å². The number of hydrogen-bond acceptors (Lipinski definition) is 3. The molecule has 0 saturated heterocycles. The quantitative estimate of drug-likeness (QED) is 0.438. The van der Waals surface area contributed by atoms with Gasteiger partial charge in [0, 0.05) is 11.6 Å². The molecule has 0 aliphatic rings. The van der Waals surface area contributed by atoms with Crippen LogP contribution < -0.4 is 5.01 Å². The molecule has 2 aromatic carbocycles. The summed E-state index contributed by atoms with van der Waals surface area (Å²) in [7, 11) is 0. The van der Waals surface area contributed by atoms with Crippen LogP contribution in [0.3, 0.4) is 0 Å². The van der Waals surface area contributed by atoms with Gasteiger partial charge in [-0.3, -0.25) is 0 Å². The molecule has 4 rings (SSSR count). The number of rotatable bonds is 5. The zero-order chi connectivity index (χ0) is 18.6. The zero-order valence-corrected chi connectivity index (χ0v) is 16.1. The van der Waals surface area contributed by atoms with Gasteiger partial charge in [0.1, 0.15) is 4.64 Å². The predicted octanol–water partition coefficient (Wildman–Crippen LogP) is 5.41. The van der Waals surface area contributed by atoms with Crippen LogP contribution in [-0.4, -0.2) is 9.66 Å². The number of fused-ring (bicyclic) bond motifs is 1. The van der Waals surface area contributed by atoms with Crippen molar-refractivity contribution in [2.75, 3.05) is 5.01 Å². The van der Waals surface area contributed by atoms with Gasteiger partial charge in [-0.15, -0.1) is 0 Å². The van der Waals surface area contributed by atoms with Crippen molar-refractivity contribution in [3.05, 3.63) is 106 Å². The summed E-state index contributed by atoms with van der Waals surface area (Å²) in [5, 5.41) is 3.37.